The van der Waals surface area contributed by atoms with Crippen LogP contribution in [0.5, 0.6) is 0 Å². The average Bonchev–Trinajstić information content (AvgIpc) is 3.23. The second-order valence-electron chi connectivity index (χ2n) is 6.82. The highest BCUT2D eigenvalue weighted by Crippen LogP contribution is 2.26. The van der Waals surface area contributed by atoms with Crippen LogP contribution >= 0.6 is 0 Å². The fourth-order valence-corrected chi connectivity index (χ4v) is 3.78. The van der Waals surface area contributed by atoms with Gasteiger partial charge in [0.1, 0.15) is 5.82 Å². The maximum absolute atomic E-state index is 13.0. The van der Waals surface area contributed by atoms with Crippen molar-refractivity contribution in [3.05, 3.63) is 48.2 Å². The minimum absolute atomic E-state index is 0.0939. The summed E-state index contributed by atoms with van der Waals surface area (Å²) in [6.45, 7) is 3.57. The number of amides is 1. The van der Waals surface area contributed by atoms with E-state index in [4.69, 9.17) is 0 Å². The van der Waals surface area contributed by atoms with Crippen LogP contribution in [-0.2, 0) is 0 Å². The van der Waals surface area contributed by atoms with Crippen molar-refractivity contribution in [2.24, 2.45) is 0 Å². The average molecular weight is 337 g/mol. The maximum Gasteiger partial charge on any atom is 0.254 e. The molecule has 2 aromatic rings. The molecule has 1 amide bonds. The Hall–Kier alpha value is -2.50. The third kappa shape index (κ3) is 3.48. The minimum atomic E-state index is 0.0939. The van der Waals surface area contributed by atoms with Crippen LogP contribution in [-0.4, -0.2) is 51.9 Å². The molecule has 2 aromatic heterocycles. The Kier molecular flexibility index (Phi) is 4.59. The van der Waals surface area contributed by atoms with Crippen molar-refractivity contribution in [3.63, 3.8) is 0 Å². The first-order valence-corrected chi connectivity index (χ1v) is 9.07. The molecule has 0 spiro atoms. The van der Waals surface area contributed by atoms with Gasteiger partial charge in [-0.2, -0.15) is 0 Å². The van der Waals surface area contributed by atoms with Gasteiger partial charge in [-0.15, -0.1) is 0 Å². The quantitative estimate of drug-likeness (QED) is 0.861. The summed E-state index contributed by atoms with van der Waals surface area (Å²) in [6.07, 6.45) is 11.4. The Morgan fingerprint density at radius 2 is 1.92 bits per heavy atom. The second-order valence-corrected chi connectivity index (χ2v) is 6.82. The largest absolute Gasteiger partial charge is 0.357 e. The number of likely N-dealkylation sites (tertiary alicyclic amines) is 1. The molecule has 0 bridgehead atoms. The first-order chi connectivity index (χ1) is 12.3. The standard InChI is InChI=1S/C19H23N5O/c25-19(15-5-6-22-18(12-15)23-9-1-2-10-23)24-11-3-4-16(14-24)17-13-20-7-8-21-17/h5-8,12-13,16H,1-4,9-11,14H2/t16-/m0/s1. The van der Waals surface area contributed by atoms with Crippen LogP contribution < -0.4 is 4.90 Å². The molecule has 2 fully saturated rings. The van der Waals surface area contributed by atoms with Gasteiger partial charge in [0.15, 0.2) is 0 Å². The van der Waals surface area contributed by atoms with E-state index in [9.17, 15) is 4.79 Å². The van der Waals surface area contributed by atoms with Gasteiger partial charge in [-0.05, 0) is 37.8 Å². The molecule has 130 valence electrons. The molecular formula is C19H23N5O. The number of hydrogen-bond acceptors (Lipinski definition) is 5. The van der Waals surface area contributed by atoms with Crippen molar-refractivity contribution in [2.45, 2.75) is 31.6 Å². The number of carbonyl (C=O) groups excluding carboxylic acids is 1. The Morgan fingerprint density at radius 3 is 2.72 bits per heavy atom. The summed E-state index contributed by atoms with van der Waals surface area (Å²) in [5.74, 6) is 1.29. The van der Waals surface area contributed by atoms with Crippen molar-refractivity contribution >= 4 is 11.7 Å². The highest BCUT2D eigenvalue weighted by Gasteiger charge is 2.27. The van der Waals surface area contributed by atoms with Crippen LogP contribution in [0.4, 0.5) is 5.82 Å². The number of rotatable bonds is 3. The maximum atomic E-state index is 13.0. The molecular weight excluding hydrogens is 314 g/mol. The van der Waals surface area contributed by atoms with Gasteiger partial charge < -0.3 is 9.80 Å². The van der Waals surface area contributed by atoms with Gasteiger partial charge in [-0.3, -0.25) is 14.8 Å². The SMILES string of the molecule is O=C(c1ccnc(N2CCCC2)c1)N1CCC[C@H](c2cnccn2)C1. The number of pyridine rings is 1. The Morgan fingerprint density at radius 1 is 1.04 bits per heavy atom. The third-order valence-corrected chi connectivity index (χ3v) is 5.13. The zero-order chi connectivity index (χ0) is 17.1. The Labute approximate surface area is 147 Å². The van der Waals surface area contributed by atoms with Gasteiger partial charge in [-0.25, -0.2) is 4.98 Å². The summed E-state index contributed by atoms with van der Waals surface area (Å²) in [6, 6.07) is 3.77. The highest BCUT2D eigenvalue weighted by molar-refractivity contribution is 5.95. The molecule has 0 aliphatic carbocycles. The first kappa shape index (κ1) is 16.0. The van der Waals surface area contributed by atoms with Crippen molar-refractivity contribution < 1.29 is 4.79 Å². The normalized spacial score (nSPS) is 20.7. The molecule has 0 aromatic carbocycles. The van der Waals surface area contributed by atoms with Crippen molar-refractivity contribution in [1.82, 2.24) is 19.9 Å². The highest BCUT2D eigenvalue weighted by atomic mass is 16.2. The lowest BCUT2D eigenvalue weighted by molar-refractivity contribution is 0.0705. The van der Waals surface area contributed by atoms with E-state index in [0.717, 1.165) is 49.6 Å². The molecule has 2 aliphatic rings. The summed E-state index contributed by atoms with van der Waals surface area (Å²) >= 11 is 0. The van der Waals surface area contributed by atoms with Crippen LogP contribution in [0.2, 0.25) is 0 Å². The number of nitrogens with zero attached hydrogens (tertiary/aromatic N) is 5. The van der Waals surface area contributed by atoms with Gasteiger partial charge in [-0.1, -0.05) is 0 Å². The third-order valence-electron chi connectivity index (χ3n) is 5.13. The molecule has 2 saturated heterocycles. The fraction of sp³-hybridized carbons (Fsp3) is 0.474. The number of anilines is 1. The zero-order valence-corrected chi connectivity index (χ0v) is 14.3. The van der Waals surface area contributed by atoms with E-state index in [1.54, 1.807) is 18.6 Å². The van der Waals surface area contributed by atoms with E-state index >= 15 is 0 Å². The van der Waals surface area contributed by atoms with E-state index in [-0.39, 0.29) is 11.8 Å². The summed E-state index contributed by atoms with van der Waals surface area (Å²) in [7, 11) is 0. The molecule has 6 heteroatoms. The number of piperidine rings is 1. The molecule has 0 radical (unpaired) electrons. The minimum Gasteiger partial charge on any atom is -0.357 e. The zero-order valence-electron chi connectivity index (χ0n) is 14.3. The molecule has 4 rings (SSSR count). The van der Waals surface area contributed by atoms with Crippen LogP contribution in [0, 0.1) is 0 Å². The molecule has 0 unspecified atom stereocenters. The predicted octanol–water partition coefficient (Wildman–Crippen LogP) is 2.49. The number of carbonyl (C=O) groups is 1. The first-order valence-electron chi connectivity index (χ1n) is 9.07. The van der Waals surface area contributed by atoms with Crippen molar-refractivity contribution in [2.75, 3.05) is 31.1 Å². The smallest absolute Gasteiger partial charge is 0.254 e. The Bertz CT molecular complexity index is 730. The van der Waals surface area contributed by atoms with Crippen LogP contribution in [0.3, 0.4) is 0 Å². The lowest BCUT2D eigenvalue weighted by Gasteiger charge is -2.32. The lowest BCUT2D eigenvalue weighted by atomic mass is 9.94. The van der Waals surface area contributed by atoms with Crippen molar-refractivity contribution in [1.29, 1.82) is 0 Å². The van der Waals surface area contributed by atoms with E-state index in [1.165, 1.54) is 12.8 Å². The Balaban J connectivity index is 1.49. The van der Waals surface area contributed by atoms with Gasteiger partial charge in [0.25, 0.3) is 5.91 Å². The second kappa shape index (κ2) is 7.17. The summed E-state index contributed by atoms with van der Waals surface area (Å²) in [4.78, 5) is 30.2. The topological polar surface area (TPSA) is 62.2 Å². The van der Waals surface area contributed by atoms with E-state index in [2.05, 4.69) is 19.9 Å². The van der Waals surface area contributed by atoms with Gasteiger partial charge in [0.05, 0.1) is 5.69 Å². The number of hydrogen-bond donors (Lipinski definition) is 0. The van der Waals surface area contributed by atoms with Crippen LogP contribution in [0.25, 0.3) is 0 Å². The van der Waals surface area contributed by atoms with Crippen LogP contribution in [0.15, 0.2) is 36.9 Å². The van der Waals surface area contributed by atoms with Gasteiger partial charge in [0.2, 0.25) is 0 Å². The summed E-state index contributed by atoms with van der Waals surface area (Å²) in [5, 5.41) is 0. The lowest BCUT2D eigenvalue weighted by Crippen LogP contribution is -2.39. The van der Waals surface area contributed by atoms with E-state index < -0.39 is 0 Å². The molecule has 25 heavy (non-hydrogen) atoms. The molecule has 4 heterocycles. The van der Waals surface area contributed by atoms with E-state index in [1.807, 2.05) is 23.2 Å². The molecule has 0 N–H and O–H groups in total. The molecule has 2 aliphatic heterocycles. The molecule has 1 atom stereocenters. The van der Waals surface area contributed by atoms with Gasteiger partial charge >= 0.3 is 0 Å². The monoisotopic (exact) mass is 337 g/mol. The summed E-state index contributed by atoms with van der Waals surface area (Å²) < 4.78 is 0. The number of aromatic nitrogens is 3. The summed E-state index contributed by atoms with van der Waals surface area (Å²) in [5.41, 5.74) is 1.71. The molecule has 6 nitrogen and oxygen atoms in total. The fourth-order valence-electron chi connectivity index (χ4n) is 3.78. The molecule has 0 saturated carbocycles. The van der Waals surface area contributed by atoms with E-state index in [0.29, 0.717) is 6.54 Å². The van der Waals surface area contributed by atoms with Crippen molar-refractivity contribution in [3.8, 4) is 0 Å². The van der Waals surface area contributed by atoms with Crippen LogP contribution in [0.1, 0.15) is 47.7 Å². The van der Waals surface area contributed by atoms with Gasteiger partial charge in [0, 0.05) is 62.4 Å². The predicted molar refractivity (Wildman–Crippen MR) is 95.6 cm³/mol.